The highest BCUT2D eigenvalue weighted by Gasteiger charge is 2.10. The molecule has 122 valence electrons. The molecule has 2 heterocycles. The molecule has 1 aromatic heterocycles. The second-order valence-electron chi connectivity index (χ2n) is 4.92. The van der Waals surface area contributed by atoms with Crippen LogP contribution in [0, 0.1) is 0 Å². The molecule has 8 nitrogen and oxygen atoms in total. The molecule has 8 heteroatoms. The number of carbonyl (C=O) groups is 1. The number of anilines is 1. The van der Waals surface area contributed by atoms with Crippen LogP contribution in [-0.2, 0) is 9.47 Å². The van der Waals surface area contributed by atoms with Crippen LogP contribution < -0.4 is 10.6 Å². The van der Waals surface area contributed by atoms with Crippen LogP contribution in [0.4, 0.5) is 5.82 Å². The molecule has 0 unspecified atom stereocenters. The summed E-state index contributed by atoms with van der Waals surface area (Å²) in [6.45, 7) is 6.11. The van der Waals surface area contributed by atoms with Gasteiger partial charge in [-0.25, -0.2) is 9.97 Å². The standard InChI is InChI=1S/C14H23N5O3/c1-21-7-3-16-14(20)12-10-13(18-11-17-12)15-2-4-19-5-8-22-9-6-19/h10-11H,2-9H2,1H3,(H,16,20)(H,15,17,18). The van der Waals surface area contributed by atoms with Gasteiger partial charge in [-0.3, -0.25) is 9.69 Å². The Bertz CT molecular complexity index is 466. The zero-order valence-corrected chi connectivity index (χ0v) is 12.9. The molecular formula is C14H23N5O3. The van der Waals surface area contributed by atoms with Gasteiger partial charge in [0, 0.05) is 45.9 Å². The molecule has 0 aliphatic carbocycles. The summed E-state index contributed by atoms with van der Waals surface area (Å²) in [6, 6.07) is 1.65. The van der Waals surface area contributed by atoms with Crippen molar-refractivity contribution in [3.8, 4) is 0 Å². The minimum atomic E-state index is -0.226. The number of amides is 1. The van der Waals surface area contributed by atoms with Gasteiger partial charge in [-0.05, 0) is 0 Å². The first-order chi connectivity index (χ1) is 10.8. The Morgan fingerprint density at radius 3 is 2.95 bits per heavy atom. The Hall–Kier alpha value is -1.77. The molecule has 1 aliphatic heterocycles. The van der Waals surface area contributed by atoms with Crippen molar-refractivity contribution in [1.29, 1.82) is 0 Å². The maximum absolute atomic E-state index is 11.9. The van der Waals surface area contributed by atoms with Gasteiger partial charge in [-0.2, -0.15) is 0 Å². The van der Waals surface area contributed by atoms with Crippen LogP contribution >= 0.6 is 0 Å². The summed E-state index contributed by atoms with van der Waals surface area (Å²) in [5.74, 6) is 0.427. The highest BCUT2D eigenvalue weighted by atomic mass is 16.5. The van der Waals surface area contributed by atoms with Gasteiger partial charge in [0.1, 0.15) is 17.8 Å². The summed E-state index contributed by atoms with van der Waals surface area (Å²) >= 11 is 0. The fourth-order valence-electron chi connectivity index (χ4n) is 2.10. The van der Waals surface area contributed by atoms with Gasteiger partial charge >= 0.3 is 0 Å². The normalized spacial score (nSPS) is 15.5. The maximum atomic E-state index is 11.9. The van der Waals surface area contributed by atoms with E-state index in [0.717, 1.165) is 39.4 Å². The molecular weight excluding hydrogens is 286 g/mol. The van der Waals surface area contributed by atoms with Crippen LogP contribution in [0.3, 0.4) is 0 Å². The molecule has 0 aromatic carbocycles. The third kappa shape index (κ3) is 5.55. The first kappa shape index (κ1) is 16.6. The Labute approximate surface area is 130 Å². The molecule has 2 rings (SSSR count). The highest BCUT2D eigenvalue weighted by molar-refractivity contribution is 5.92. The number of hydrogen-bond acceptors (Lipinski definition) is 7. The molecule has 0 saturated carbocycles. The average molecular weight is 309 g/mol. The number of methoxy groups -OCH3 is 1. The number of nitrogens with zero attached hydrogens (tertiary/aromatic N) is 3. The molecule has 1 fully saturated rings. The summed E-state index contributed by atoms with van der Waals surface area (Å²) < 4.78 is 10.2. The Balaban J connectivity index is 1.76. The van der Waals surface area contributed by atoms with Crippen molar-refractivity contribution in [2.45, 2.75) is 0 Å². The number of hydrogen-bond donors (Lipinski definition) is 2. The van der Waals surface area contributed by atoms with Gasteiger partial charge in [0.05, 0.1) is 19.8 Å². The molecule has 22 heavy (non-hydrogen) atoms. The lowest BCUT2D eigenvalue weighted by Gasteiger charge is -2.26. The average Bonchev–Trinajstić information content (AvgIpc) is 2.56. The molecule has 0 radical (unpaired) electrons. The van der Waals surface area contributed by atoms with Gasteiger partial charge in [-0.15, -0.1) is 0 Å². The molecule has 1 saturated heterocycles. The van der Waals surface area contributed by atoms with Gasteiger partial charge in [0.2, 0.25) is 0 Å². The van der Waals surface area contributed by atoms with Crippen LogP contribution in [0.25, 0.3) is 0 Å². The Morgan fingerprint density at radius 1 is 1.36 bits per heavy atom. The predicted molar refractivity (Wildman–Crippen MR) is 82.0 cm³/mol. The zero-order valence-electron chi connectivity index (χ0n) is 12.9. The fraction of sp³-hybridized carbons (Fsp3) is 0.643. The van der Waals surface area contributed by atoms with Crippen molar-refractivity contribution >= 4 is 11.7 Å². The number of rotatable bonds is 8. The second kappa shape index (κ2) is 9.29. The van der Waals surface area contributed by atoms with E-state index in [2.05, 4.69) is 25.5 Å². The zero-order chi connectivity index (χ0) is 15.6. The van der Waals surface area contributed by atoms with E-state index >= 15 is 0 Å². The maximum Gasteiger partial charge on any atom is 0.270 e. The number of morpholine rings is 1. The lowest BCUT2D eigenvalue weighted by molar-refractivity contribution is 0.0398. The topological polar surface area (TPSA) is 88.6 Å². The van der Waals surface area contributed by atoms with Gasteiger partial charge in [-0.1, -0.05) is 0 Å². The molecule has 1 aliphatic rings. The van der Waals surface area contributed by atoms with E-state index in [9.17, 15) is 4.79 Å². The number of nitrogens with one attached hydrogen (secondary N) is 2. The fourth-order valence-corrected chi connectivity index (χ4v) is 2.10. The third-order valence-electron chi connectivity index (χ3n) is 3.33. The van der Waals surface area contributed by atoms with E-state index < -0.39 is 0 Å². The first-order valence-corrected chi connectivity index (χ1v) is 7.43. The minimum Gasteiger partial charge on any atom is -0.383 e. The summed E-state index contributed by atoms with van der Waals surface area (Å²) in [5.41, 5.74) is 0.347. The van der Waals surface area contributed by atoms with Crippen LogP contribution in [0.1, 0.15) is 10.5 Å². The summed E-state index contributed by atoms with van der Waals surface area (Å²) in [6.07, 6.45) is 1.39. The van der Waals surface area contributed by atoms with Crippen LogP contribution in [-0.4, -0.2) is 80.4 Å². The largest absolute Gasteiger partial charge is 0.383 e. The van der Waals surface area contributed by atoms with Crippen molar-refractivity contribution in [2.24, 2.45) is 0 Å². The smallest absolute Gasteiger partial charge is 0.270 e. The third-order valence-corrected chi connectivity index (χ3v) is 3.33. The number of ether oxygens (including phenoxy) is 2. The molecule has 1 amide bonds. The lowest BCUT2D eigenvalue weighted by atomic mass is 10.3. The van der Waals surface area contributed by atoms with E-state index in [4.69, 9.17) is 9.47 Å². The van der Waals surface area contributed by atoms with Gasteiger partial charge < -0.3 is 20.1 Å². The van der Waals surface area contributed by atoms with Crippen molar-refractivity contribution in [1.82, 2.24) is 20.2 Å². The SMILES string of the molecule is COCCNC(=O)c1cc(NCCN2CCOCC2)ncn1. The molecule has 0 bridgehead atoms. The first-order valence-electron chi connectivity index (χ1n) is 7.43. The minimum absolute atomic E-state index is 0.226. The van der Waals surface area contributed by atoms with Crippen LogP contribution in [0.15, 0.2) is 12.4 Å². The molecule has 2 N–H and O–H groups in total. The van der Waals surface area contributed by atoms with Gasteiger partial charge in [0.25, 0.3) is 5.91 Å². The quantitative estimate of drug-likeness (QED) is 0.631. The van der Waals surface area contributed by atoms with E-state index in [1.54, 1.807) is 13.2 Å². The van der Waals surface area contributed by atoms with Crippen molar-refractivity contribution in [3.63, 3.8) is 0 Å². The van der Waals surface area contributed by atoms with Crippen molar-refractivity contribution in [2.75, 3.05) is 65.0 Å². The van der Waals surface area contributed by atoms with Crippen molar-refractivity contribution in [3.05, 3.63) is 18.1 Å². The number of carbonyl (C=O) groups excluding carboxylic acids is 1. The highest BCUT2D eigenvalue weighted by Crippen LogP contribution is 2.04. The van der Waals surface area contributed by atoms with E-state index in [1.165, 1.54) is 6.33 Å². The molecule has 0 spiro atoms. The van der Waals surface area contributed by atoms with Crippen LogP contribution in [0.2, 0.25) is 0 Å². The number of aromatic nitrogens is 2. The van der Waals surface area contributed by atoms with E-state index in [-0.39, 0.29) is 5.91 Å². The van der Waals surface area contributed by atoms with E-state index in [1.807, 2.05) is 0 Å². The monoisotopic (exact) mass is 309 g/mol. The Morgan fingerprint density at radius 2 is 2.18 bits per heavy atom. The van der Waals surface area contributed by atoms with Crippen molar-refractivity contribution < 1.29 is 14.3 Å². The summed E-state index contributed by atoms with van der Waals surface area (Å²) in [4.78, 5) is 22.3. The lowest BCUT2D eigenvalue weighted by Crippen LogP contribution is -2.39. The predicted octanol–water partition coefficient (Wildman–Crippen LogP) is -0.403. The molecule has 0 atom stereocenters. The van der Waals surface area contributed by atoms with E-state index in [0.29, 0.717) is 24.7 Å². The molecule has 1 aromatic rings. The second-order valence-corrected chi connectivity index (χ2v) is 4.92. The Kier molecular flexibility index (Phi) is 7.01. The summed E-state index contributed by atoms with van der Waals surface area (Å²) in [7, 11) is 1.59. The summed E-state index contributed by atoms with van der Waals surface area (Å²) in [5, 5.41) is 5.95. The van der Waals surface area contributed by atoms with Crippen LogP contribution in [0.5, 0.6) is 0 Å². The van der Waals surface area contributed by atoms with Gasteiger partial charge in [0.15, 0.2) is 0 Å².